The number of nitrogens with one attached hydrogen (secondary N) is 1. The molecule has 0 fully saturated rings. The minimum Gasteiger partial charge on any atom is -0.322 e. The minimum absolute atomic E-state index is 0.183. The van der Waals surface area contributed by atoms with E-state index < -0.39 is 5.91 Å². The number of carbonyl (C=O) groups is 2. The Morgan fingerprint density at radius 1 is 1.04 bits per heavy atom. The van der Waals surface area contributed by atoms with Crippen LogP contribution in [0.4, 0.5) is 11.4 Å². The largest absolute Gasteiger partial charge is 0.322 e. The average molecular weight is 372 g/mol. The van der Waals surface area contributed by atoms with Gasteiger partial charge in [-0.05, 0) is 30.3 Å². The minimum atomic E-state index is -0.421. The van der Waals surface area contributed by atoms with Crippen molar-refractivity contribution in [1.29, 1.82) is 0 Å². The van der Waals surface area contributed by atoms with Crippen molar-refractivity contribution in [2.24, 2.45) is 0 Å². The third-order valence-electron chi connectivity index (χ3n) is 3.03. The highest BCUT2D eigenvalue weighted by atomic mass is 35.5. The van der Waals surface area contributed by atoms with Crippen LogP contribution >= 0.6 is 34.8 Å². The summed E-state index contributed by atoms with van der Waals surface area (Å²) in [5.74, 6) is -0.706. The summed E-state index contributed by atoms with van der Waals surface area (Å²) in [5, 5.41) is 3.74. The maximum absolute atomic E-state index is 12.2. The molecule has 0 spiro atoms. The third kappa shape index (κ3) is 4.61. The second-order valence-corrected chi connectivity index (χ2v) is 5.98. The SMILES string of the molecule is CC(=O)N(CC(=O)Nc1c(Cl)cccc1Cl)c1cccc(Cl)c1. The molecule has 0 unspecified atom stereocenters. The Balaban J connectivity index is 2.18. The summed E-state index contributed by atoms with van der Waals surface area (Å²) in [7, 11) is 0. The Hall–Kier alpha value is -1.75. The fourth-order valence-corrected chi connectivity index (χ4v) is 2.64. The van der Waals surface area contributed by atoms with Crippen LogP contribution in [0.25, 0.3) is 0 Å². The molecule has 23 heavy (non-hydrogen) atoms. The number of carbonyl (C=O) groups excluding carboxylic acids is 2. The van der Waals surface area contributed by atoms with Crippen molar-refractivity contribution in [2.45, 2.75) is 6.92 Å². The monoisotopic (exact) mass is 370 g/mol. The maximum Gasteiger partial charge on any atom is 0.244 e. The lowest BCUT2D eigenvalue weighted by Gasteiger charge is -2.21. The first-order valence-electron chi connectivity index (χ1n) is 6.66. The Labute approximate surface area is 148 Å². The van der Waals surface area contributed by atoms with Crippen molar-refractivity contribution in [3.05, 3.63) is 57.5 Å². The molecule has 0 atom stereocenters. The maximum atomic E-state index is 12.2. The molecule has 0 bridgehead atoms. The van der Waals surface area contributed by atoms with Gasteiger partial charge in [-0.25, -0.2) is 0 Å². The zero-order valence-corrected chi connectivity index (χ0v) is 14.4. The number of rotatable bonds is 4. The smallest absolute Gasteiger partial charge is 0.244 e. The summed E-state index contributed by atoms with van der Waals surface area (Å²) in [6.07, 6.45) is 0. The summed E-state index contributed by atoms with van der Waals surface area (Å²) >= 11 is 18.0. The lowest BCUT2D eigenvalue weighted by atomic mass is 10.2. The Morgan fingerprint density at radius 3 is 2.22 bits per heavy atom. The molecule has 0 aliphatic carbocycles. The van der Waals surface area contributed by atoms with E-state index in [2.05, 4.69) is 5.32 Å². The summed E-state index contributed by atoms with van der Waals surface area (Å²) in [6.45, 7) is 1.19. The van der Waals surface area contributed by atoms with Gasteiger partial charge in [0.25, 0.3) is 0 Å². The van der Waals surface area contributed by atoms with Crippen LogP contribution in [0.2, 0.25) is 15.1 Å². The Bertz CT molecular complexity index is 730. The van der Waals surface area contributed by atoms with E-state index in [1.807, 2.05) is 0 Å². The Kier molecular flexibility index (Phi) is 5.88. The van der Waals surface area contributed by atoms with E-state index in [0.717, 1.165) is 0 Å². The number of amides is 2. The zero-order valence-electron chi connectivity index (χ0n) is 12.1. The first kappa shape index (κ1) is 17.6. The van der Waals surface area contributed by atoms with Gasteiger partial charge >= 0.3 is 0 Å². The molecule has 1 N–H and O–H groups in total. The molecule has 0 radical (unpaired) electrons. The third-order valence-corrected chi connectivity index (χ3v) is 3.89. The van der Waals surface area contributed by atoms with Gasteiger partial charge in [-0.3, -0.25) is 9.59 Å². The van der Waals surface area contributed by atoms with Crippen molar-refractivity contribution in [1.82, 2.24) is 0 Å². The van der Waals surface area contributed by atoms with Crippen LogP contribution in [-0.4, -0.2) is 18.4 Å². The van der Waals surface area contributed by atoms with Gasteiger partial charge in [0.05, 0.1) is 15.7 Å². The van der Waals surface area contributed by atoms with Gasteiger partial charge < -0.3 is 10.2 Å². The Morgan fingerprint density at radius 2 is 1.65 bits per heavy atom. The molecule has 0 aromatic heterocycles. The van der Waals surface area contributed by atoms with Gasteiger partial charge in [0.1, 0.15) is 6.54 Å². The van der Waals surface area contributed by atoms with Crippen LogP contribution in [0.3, 0.4) is 0 Å². The lowest BCUT2D eigenvalue weighted by molar-refractivity contribution is -0.120. The summed E-state index contributed by atoms with van der Waals surface area (Å²) < 4.78 is 0. The van der Waals surface area contributed by atoms with Crippen molar-refractivity contribution in [2.75, 3.05) is 16.8 Å². The summed E-state index contributed by atoms with van der Waals surface area (Å²) in [4.78, 5) is 25.4. The van der Waals surface area contributed by atoms with Crippen molar-refractivity contribution in [3.8, 4) is 0 Å². The predicted octanol–water partition coefficient (Wildman–Crippen LogP) is 4.64. The molecule has 2 aromatic rings. The highest BCUT2D eigenvalue weighted by Crippen LogP contribution is 2.29. The number of anilines is 2. The fourth-order valence-electron chi connectivity index (χ4n) is 1.97. The first-order chi connectivity index (χ1) is 10.9. The van der Waals surface area contributed by atoms with Crippen molar-refractivity contribution in [3.63, 3.8) is 0 Å². The van der Waals surface area contributed by atoms with Gasteiger partial charge in [-0.1, -0.05) is 46.9 Å². The van der Waals surface area contributed by atoms with E-state index in [9.17, 15) is 9.59 Å². The van der Waals surface area contributed by atoms with E-state index in [4.69, 9.17) is 34.8 Å². The van der Waals surface area contributed by atoms with E-state index >= 15 is 0 Å². The molecule has 0 heterocycles. The van der Waals surface area contributed by atoms with Crippen LogP contribution in [0.15, 0.2) is 42.5 Å². The van der Waals surface area contributed by atoms with Gasteiger partial charge in [-0.15, -0.1) is 0 Å². The van der Waals surface area contributed by atoms with Crippen LogP contribution < -0.4 is 10.2 Å². The second-order valence-electron chi connectivity index (χ2n) is 4.73. The van der Waals surface area contributed by atoms with E-state index in [1.54, 1.807) is 42.5 Å². The van der Waals surface area contributed by atoms with Crippen LogP contribution in [0.5, 0.6) is 0 Å². The predicted molar refractivity (Wildman–Crippen MR) is 94.6 cm³/mol. The number of halogens is 3. The second kappa shape index (κ2) is 7.68. The molecule has 0 aliphatic heterocycles. The zero-order chi connectivity index (χ0) is 17.0. The molecule has 0 saturated heterocycles. The highest BCUT2D eigenvalue weighted by molar-refractivity contribution is 6.39. The normalized spacial score (nSPS) is 10.3. The van der Waals surface area contributed by atoms with Gasteiger partial charge in [0.2, 0.25) is 11.8 Å². The number of para-hydroxylation sites is 1. The average Bonchev–Trinajstić information content (AvgIpc) is 2.48. The molecule has 2 rings (SSSR count). The molecular formula is C16H13Cl3N2O2. The van der Waals surface area contributed by atoms with Gasteiger partial charge in [-0.2, -0.15) is 0 Å². The molecule has 7 heteroatoms. The highest BCUT2D eigenvalue weighted by Gasteiger charge is 2.17. The molecule has 0 aliphatic rings. The summed E-state index contributed by atoms with van der Waals surface area (Å²) in [5.41, 5.74) is 0.848. The topological polar surface area (TPSA) is 49.4 Å². The van der Waals surface area contributed by atoms with Crippen LogP contribution in [0.1, 0.15) is 6.92 Å². The quantitative estimate of drug-likeness (QED) is 0.851. The fraction of sp³-hybridized carbons (Fsp3) is 0.125. The lowest BCUT2D eigenvalue weighted by Crippen LogP contribution is -2.36. The molecule has 120 valence electrons. The van der Waals surface area contributed by atoms with E-state index in [0.29, 0.717) is 26.4 Å². The van der Waals surface area contributed by atoms with Gasteiger partial charge in [0, 0.05) is 17.6 Å². The van der Waals surface area contributed by atoms with Crippen LogP contribution in [-0.2, 0) is 9.59 Å². The molecular weight excluding hydrogens is 359 g/mol. The standard InChI is InChI=1S/C16H13Cl3N2O2/c1-10(22)21(12-5-2-4-11(17)8-12)9-15(23)20-16-13(18)6-3-7-14(16)19/h2-8H,9H2,1H3,(H,20,23). The number of nitrogens with zero attached hydrogens (tertiary/aromatic N) is 1. The van der Waals surface area contributed by atoms with Gasteiger partial charge in [0.15, 0.2) is 0 Å². The number of hydrogen-bond acceptors (Lipinski definition) is 2. The van der Waals surface area contributed by atoms with E-state index in [-0.39, 0.29) is 12.5 Å². The van der Waals surface area contributed by atoms with E-state index in [1.165, 1.54) is 11.8 Å². The first-order valence-corrected chi connectivity index (χ1v) is 7.79. The van der Waals surface area contributed by atoms with Crippen LogP contribution in [0, 0.1) is 0 Å². The van der Waals surface area contributed by atoms with Crippen molar-refractivity contribution >= 4 is 58.0 Å². The number of hydrogen-bond donors (Lipinski definition) is 1. The molecule has 2 amide bonds. The summed E-state index contributed by atoms with van der Waals surface area (Å²) in [6, 6.07) is 11.6. The number of benzene rings is 2. The molecule has 2 aromatic carbocycles. The molecule has 4 nitrogen and oxygen atoms in total. The van der Waals surface area contributed by atoms with Crippen molar-refractivity contribution < 1.29 is 9.59 Å². The molecule has 0 saturated carbocycles.